The number of hydrogen-bond acceptors (Lipinski definition) is 6. The highest BCUT2D eigenvalue weighted by molar-refractivity contribution is 5.98. The third-order valence-corrected chi connectivity index (χ3v) is 7.82. The number of rotatable bonds is 11. The third kappa shape index (κ3) is 4.86. The first-order valence-corrected chi connectivity index (χ1v) is 13.1. The van der Waals surface area contributed by atoms with Crippen LogP contribution in [0, 0.1) is 17.3 Å². The number of carbonyl (C=O) groups is 3. The molecule has 3 aliphatic rings. The summed E-state index contributed by atoms with van der Waals surface area (Å²) in [4.78, 5) is 44.7. The fourth-order valence-corrected chi connectivity index (χ4v) is 6.84. The number of esters is 1. The fourth-order valence-electron chi connectivity index (χ4n) is 6.84. The number of amides is 2. The van der Waals surface area contributed by atoms with E-state index in [0.29, 0.717) is 25.8 Å². The van der Waals surface area contributed by atoms with Crippen molar-refractivity contribution in [2.75, 3.05) is 19.8 Å². The maximum Gasteiger partial charge on any atom is 0.312 e. The van der Waals surface area contributed by atoms with Crippen molar-refractivity contribution in [3.05, 3.63) is 25.3 Å². The maximum absolute atomic E-state index is 14.5. The molecule has 1 spiro atoms. The van der Waals surface area contributed by atoms with Gasteiger partial charge in [0.15, 0.2) is 0 Å². The molecule has 0 aromatic rings. The van der Waals surface area contributed by atoms with E-state index in [2.05, 4.69) is 33.9 Å². The first-order valence-electron chi connectivity index (χ1n) is 13.1. The molecule has 202 valence electrons. The van der Waals surface area contributed by atoms with Crippen molar-refractivity contribution in [2.45, 2.75) is 96.6 Å². The summed E-state index contributed by atoms with van der Waals surface area (Å²) in [5, 5.41) is 10.0. The number of nitrogens with zero attached hydrogens (tertiary/aromatic N) is 2. The van der Waals surface area contributed by atoms with Gasteiger partial charge in [0.05, 0.1) is 37.2 Å². The fraction of sp³-hybridized carbons (Fsp3) is 0.750. The van der Waals surface area contributed by atoms with Crippen LogP contribution in [-0.2, 0) is 23.9 Å². The minimum absolute atomic E-state index is 0.0454. The van der Waals surface area contributed by atoms with Crippen LogP contribution < -0.4 is 0 Å². The van der Waals surface area contributed by atoms with Crippen molar-refractivity contribution < 1.29 is 29.0 Å². The first-order chi connectivity index (χ1) is 16.8. The van der Waals surface area contributed by atoms with Crippen molar-refractivity contribution in [1.29, 1.82) is 0 Å². The average molecular weight is 505 g/mol. The maximum atomic E-state index is 14.5. The largest absolute Gasteiger partial charge is 0.465 e. The predicted molar refractivity (Wildman–Crippen MR) is 137 cm³/mol. The van der Waals surface area contributed by atoms with Crippen LogP contribution in [-0.4, -0.2) is 81.8 Å². The summed E-state index contributed by atoms with van der Waals surface area (Å²) in [6, 6.07) is -1.55. The summed E-state index contributed by atoms with van der Waals surface area (Å²) in [6.07, 6.45) is 5.21. The summed E-state index contributed by atoms with van der Waals surface area (Å²) in [5.74, 6) is -2.61. The lowest BCUT2D eigenvalue weighted by Crippen LogP contribution is -2.62. The van der Waals surface area contributed by atoms with Gasteiger partial charge in [0.1, 0.15) is 11.6 Å². The molecule has 0 aliphatic carbocycles. The highest BCUT2D eigenvalue weighted by Crippen LogP contribution is 2.59. The number of aliphatic hydroxyl groups excluding tert-OH is 1. The smallest absolute Gasteiger partial charge is 0.312 e. The standard InChI is InChI=1S/C28H44N2O6/c1-9-11-15-35-25(34)20-19-12-13-28(36-19)21(20)23(32)30(18(3)16-31)22(28)24(33)29(14-10-2)27(7,8)17-26(4,5)6/h9-10,18-22,31H,1-2,11-17H2,3-8H3/t18-,19+,20-,21+,22?,28?/m1/s1. The van der Waals surface area contributed by atoms with Crippen molar-refractivity contribution in [3.63, 3.8) is 0 Å². The molecule has 36 heavy (non-hydrogen) atoms. The lowest BCUT2D eigenvalue weighted by molar-refractivity contribution is -0.157. The topological polar surface area (TPSA) is 96.4 Å². The molecular weight excluding hydrogens is 460 g/mol. The second-order valence-electron chi connectivity index (χ2n) is 12.4. The molecule has 3 saturated heterocycles. The molecular formula is C28H44N2O6. The zero-order valence-corrected chi connectivity index (χ0v) is 22.8. The van der Waals surface area contributed by atoms with Gasteiger partial charge < -0.3 is 24.4 Å². The first kappa shape index (κ1) is 28.4. The summed E-state index contributed by atoms with van der Waals surface area (Å²) in [6.45, 7) is 19.9. The summed E-state index contributed by atoms with van der Waals surface area (Å²) >= 11 is 0. The molecule has 2 bridgehead atoms. The Kier molecular flexibility index (Phi) is 8.11. The molecule has 2 unspecified atom stereocenters. The van der Waals surface area contributed by atoms with Crippen LogP contribution in [0.4, 0.5) is 0 Å². The van der Waals surface area contributed by atoms with Gasteiger partial charge in [0, 0.05) is 12.1 Å². The molecule has 8 heteroatoms. The summed E-state index contributed by atoms with van der Waals surface area (Å²) in [7, 11) is 0. The van der Waals surface area contributed by atoms with E-state index in [-0.39, 0.29) is 30.4 Å². The number of carbonyl (C=O) groups excluding carboxylic acids is 3. The third-order valence-electron chi connectivity index (χ3n) is 7.82. The number of ether oxygens (including phenoxy) is 2. The average Bonchev–Trinajstić information content (AvgIpc) is 3.42. The Balaban J connectivity index is 2.04. The van der Waals surface area contributed by atoms with Gasteiger partial charge in [-0.15, -0.1) is 13.2 Å². The van der Waals surface area contributed by atoms with Crippen LogP contribution in [0.5, 0.6) is 0 Å². The van der Waals surface area contributed by atoms with Crippen molar-refractivity contribution >= 4 is 17.8 Å². The van der Waals surface area contributed by atoms with E-state index in [0.717, 1.165) is 6.42 Å². The monoisotopic (exact) mass is 504 g/mol. The van der Waals surface area contributed by atoms with Crippen LogP contribution in [0.3, 0.4) is 0 Å². The zero-order chi connectivity index (χ0) is 27.1. The van der Waals surface area contributed by atoms with Gasteiger partial charge in [0.25, 0.3) is 0 Å². The van der Waals surface area contributed by atoms with Crippen LogP contribution >= 0.6 is 0 Å². The second kappa shape index (κ2) is 10.3. The Labute approximate surface area is 215 Å². The van der Waals surface area contributed by atoms with Crippen LogP contribution in [0.2, 0.25) is 0 Å². The molecule has 8 nitrogen and oxygen atoms in total. The highest BCUT2D eigenvalue weighted by atomic mass is 16.6. The van der Waals surface area contributed by atoms with Crippen LogP contribution in [0.1, 0.15) is 67.2 Å². The Hall–Kier alpha value is -2.19. The number of likely N-dealkylation sites (tertiary alicyclic amines) is 1. The number of fused-ring (bicyclic) bond motifs is 1. The lowest BCUT2D eigenvalue weighted by atomic mass is 9.70. The second-order valence-corrected chi connectivity index (χ2v) is 12.4. The number of aliphatic hydroxyl groups is 1. The minimum Gasteiger partial charge on any atom is -0.465 e. The Morgan fingerprint density at radius 3 is 2.50 bits per heavy atom. The van der Waals surface area contributed by atoms with Crippen molar-refractivity contribution in [2.24, 2.45) is 17.3 Å². The highest BCUT2D eigenvalue weighted by Gasteiger charge is 2.75. The zero-order valence-electron chi connectivity index (χ0n) is 22.8. The molecule has 3 fully saturated rings. The van der Waals surface area contributed by atoms with Crippen LogP contribution in [0.25, 0.3) is 0 Å². The van der Waals surface area contributed by atoms with Gasteiger partial charge in [-0.1, -0.05) is 32.9 Å². The molecule has 3 heterocycles. The summed E-state index contributed by atoms with van der Waals surface area (Å²) in [5.41, 5.74) is -1.70. The molecule has 0 aromatic carbocycles. The van der Waals surface area contributed by atoms with Gasteiger partial charge in [-0.25, -0.2) is 0 Å². The van der Waals surface area contributed by atoms with Crippen LogP contribution in [0.15, 0.2) is 25.3 Å². The lowest BCUT2D eigenvalue weighted by Gasteiger charge is -2.46. The predicted octanol–water partition coefficient (Wildman–Crippen LogP) is 3.09. The Morgan fingerprint density at radius 1 is 1.28 bits per heavy atom. The molecule has 2 amide bonds. The van der Waals surface area contributed by atoms with Gasteiger partial charge in [-0.3, -0.25) is 14.4 Å². The molecule has 0 saturated carbocycles. The van der Waals surface area contributed by atoms with E-state index in [9.17, 15) is 19.5 Å². The number of hydrogen-bond donors (Lipinski definition) is 1. The van der Waals surface area contributed by atoms with E-state index < -0.39 is 47.1 Å². The molecule has 0 aromatic heterocycles. The molecule has 0 radical (unpaired) electrons. The van der Waals surface area contributed by atoms with Gasteiger partial charge in [-0.2, -0.15) is 0 Å². The minimum atomic E-state index is -1.12. The SMILES string of the molecule is C=CCCOC(=O)[C@@H]1[C@@H]2CCC3(O2)C(C(=O)N(CC=C)C(C)(C)CC(C)(C)C)N([C@H](C)CO)C(=O)[C@H]13. The van der Waals surface area contributed by atoms with E-state index in [4.69, 9.17) is 9.47 Å². The van der Waals surface area contributed by atoms with E-state index >= 15 is 0 Å². The van der Waals surface area contributed by atoms with E-state index in [1.807, 2.05) is 13.8 Å². The summed E-state index contributed by atoms with van der Waals surface area (Å²) < 4.78 is 11.9. The molecule has 6 atom stereocenters. The van der Waals surface area contributed by atoms with E-state index in [1.54, 1.807) is 24.0 Å². The van der Waals surface area contributed by atoms with Gasteiger partial charge in [-0.05, 0) is 51.9 Å². The van der Waals surface area contributed by atoms with E-state index in [1.165, 1.54) is 4.90 Å². The normalized spacial score (nSPS) is 30.2. The molecule has 3 rings (SSSR count). The van der Waals surface area contributed by atoms with Gasteiger partial charge >= 0.3 is 5.97 Å². The Morgan fingerprint density at radius 2 is 1.94 bits per heavy atom. The Bertz CT molecular complexity index is 893. The molecule has 3 aliphatic heterocycles. The van der Waals surface area contributed by atoms with Gasteiger partial charge in [0.2, 0.25) is 11.8 Å². The van der Waals surface area contributed by atoms with Crippen molar-refractivity contribution in [3.8, 4) is 0 Å². The van der Waals surface area contributed by atoms with Crippen molar-refractivity contribution in [1.82, 2.24) is 9.80 Å². The quantitative estimate of drug-likeness (QED) is 0.264. The molecule has 1 N–H and O–H groups in total.